The standard InChI is InChI=1S/C106H130O27/c1-70(108)114-66-79-83(115-58-71-40-22-14-23-41-71)88(120-63-76-50-32-19-33-51-76)92(131-100(110)104(5,6)7)96(127-79)124-68-81-85(117-60-73-44-26-16-27-45-73)90(122-65-78-54-36-21-37-55-78)94(133-102(112)106(11,12)13)98(129-81)125-69-82-86(118-61-74-46-28-17-29-47-74)89(121-64-77-52-34-20-35-53-77)93(132-101(111)105(8,9)10)97(128-82)123-67-80-84(116-59-72-42-24-15-25-43-72)87(119-62-75-48-30-18-31-49-75)91(130-99(109)103(2,3)4)95(126-80)113-57-39-38-56-107/h14-37,40-56,79-98H,38-39,57-69H2,1-13H3/t79-,80-,81-,82-,83-,84-,85-,86-,87+,88+,89+,90+,91-,92-,93-,94-,95-,96-,97-,98-/m1/s1. The fourth-order valence-electron chi connectivity index (χ4n) is 15.1. The number of carbonyl (C=O) groups is 6. The largest absolute Gasteiger partial charge is 0.463 e. The number of benzene rings is 8. The molecule has 27 heteroatoms. The fraction of sp³-hybridized carbons (Fsp3) is 0.491. The highest BCUT2D eigenvalue weighted by Crippen LogP contribution is 2.41. The first kappa shape index (κ1) is 102. The van der Waals surface area contributed by atoms with Crippen LogP contribution in [0.4, 0.5) is 0 Å². The Kier molecular flexibility index (Phi) is 38.1. The minimum absolute atomic E-state index is 0.00140. The van der Waals surface area contributed by atoms with E-state index in [0.29, 0.717) is 0 Å². The van der Waals surface area contributed by atoms with Gasteiger partial charge in [0.2, 0.25) is 0 Å². The zero-order valence-electron chi connectivity index (χ0n) is 78.3. The molecule has 0 aliphatic carbocycles. The number of carbonyl (C=O) groups excluding carboxylic acids is 6. The van der Waals surface area contributed by atoms with Crippen LogP contribution in [0.5, 0.6) is 0 Å². The second-order valence-electron chi connectivity index (χ2n) is 37.7. The number of aldehydes is 1. The van der Waals surface area contributed by atoms with Crippen LogP contribution in [0, 0.1) is 21.7 Å². The van der Waals surface area contributed by atoms with E-state index in [1.165, 1.54) is 6.92 Å². The van der Waals surface area contributed by atoms with Crippen LogP contribution in [0.1, 0.15) is 147 Å². The van der Waals surface area contributed by atoms with Crippen molar-refractivity contribution in [1.82, 2.24) is 0 Å². The molecule has 0 radical (unpaired) electrons. The van der Waals surface area contributed by atoms with Gasteiger partial charge in [-0.3, -0.25) is 24.0 Å². The molecule has 4 fully saturated rings. The van der Waals surface area contributed by atoms with E-state index in [1.807, 2.05) is 243 Å². The number of hydrogen-bond acceptors (Lipinski definition) is 27. The number of unbranched alkanes of at least 4 members (excludes halogenated alkanes) is 1. The Bertz CT molecular complexity index is 4800. The van der Waals surface area contributed by atoms with Gasteiger partial charge in [0.25, 0.3) is 0 Å². The molecule has 4 aliphatic rings. The Morgan fingerprint density at radius 1 is 0.256 bits per heavy atom. The van der Waals surface area contributed by atoms with Gasteiger partial charge in [0, 0.05) is 13.3 Å². The van der Waals surface area contributed by atoms with E-state index in [-0.39, 0.29) is 78.9 Å². The molecule has 0 N–H and O–H groups in total. The molecule has 716 valence electrons. The van der Waals surface area contributed by atoms with Crippen LogP contribution in [-0.4, -0.2) is 192 Å². The van der Waals surface area contributed by atoms with Gasteiger partial charge in [-0.1, -0.05) is 243 Å². The third-order valence-corrected chi connectivity index (χ3v) is 22.5. The van der Waals surface area contributed by atoms with E-state index < -0.39 is 194 Å². The van der Waals surface area contributed by atoms with Crippen LogP contribution in [0.15, 0.2) is 243 Å². The molecule has 4 heterocycles. The minimum atomic E-state index is -1.68. The van der Waals surface area contributed by atoms with E-state index in [1.54, 1.807) is 83.1 Å². The SMILES string of the molecule is CC(=O)OC[C@H]1O[C@@H](OC[C@H]2O[C@@H](OC[C@H]3O[C@@H](OC[C@H]4O[C@@H](OCCCC=O)[C@H](OC(=O)C(C)(C)C)[C@@H](OCc5ccccc5)[C@@H]4OCc4ccccc4)[C@H](OC(=O)C(C)(C)C)[C@@H](OCc4ccccc4)[C@@H]3OCc3ccccc3)[C@H](OC(=O)C(C)(C)C)[C@@H](OCc3ccccc3)[C@@H]2OCc2ccccc2)[C@H](OC(=O)C(C)(C)C)[C@@H](OCc2ccccc2)[C@@H]1OCc1ccccc1. The maximum Gasteiger partial charge on any atom is 0.311 e. The Hall–Kier alpha value is -9.86. The lowest BCUT2D eigenvalue weighted by Crippen LogP contribution is -2.66. The van der Waals surface area contributed by atoms with Crippen molar-refractivity contribution in [2.75, 3.05) is 33.0 Å². The maximum absolute atomic E-state index is 15.2. The van der Waals surface area contributed by atoms with Gasteiger partial charge in [-0.15, -0.1) is 0 Å². The molecule has 12 rings (SSSR count). The molecule has 0 unspecified atom stereocenters. The van der Waals surface area contributed by atoms with Crippen LogP contribution in [0.25, 0.3) is 0 Å². The van der Waals surface area contributed by atoms with Gasteiger partial charge in [0.1, 0.15) is 86.1 Å². The molecule has 133 heavy (non-hydrogen) atoms. The molecule has 27 nitrogen and oxygen atoms in total. The lowest BCUT2D eigenvalue weighted by molar-refractivity contribution is -0.361. The summed E-state index contributed by atoms with van der Waals surface area (Å²) in [6, 6.07) is 75.4. The molecule has 4 aliphatic heterocycles. The van der Waals surface area contributed by atoms with Crippen molar-refractivity contribution in [3.05, 3.63) is 287 Å². The first-order valence-electron chi connectivity index (χ1n) is 45.7. The Labute approximate surface area is 780 Å². The molecular formula is C106H130O27. The Morgan fingerprint density at radius 2 is 0.444 bits per heavy atom. The topological polar surface area (TPSA) is 296 Å². The van der Waals surface area contributed by atoms with Crippen LogP contribution in [0.2, 0.25) is 0 Å². The zero-order chi connectivity index (χ0) is 94.5. The summed E-state index contributed by atoms with van der Waals surface area (Å²) in [5.41, 5.74) is 1.63. The van der Waals surface area contributed by atoms with Crippen LogP contribution >= 0.6 is 0 Å². The highest BCUT2D eigenvalue weighted by molar-refractivity contribution is 5.77. The summed E-state index contributed by atoms with van der Waals surface area (Å²) in [6.45, 7) is 19.8. The smallest absolute Gasteiger partial charge is 0.311 e. The predicted octanol–water partition coefficient (Wildman–Crippen LogP) is 16.0. The third-order valence-electron chi connectivity index (χ3n) is 22.5. The van der Waals surface area contributed by atoms with Gasteiger partial charge in [0.15, 0.2) is 49.6 Å². The number of hydrogen-bond donors (Lipinski definition) is 0. The lowest BCUT2D eigenvalue weighted by Gasteiger charge is -2.49. The van der Waals surface area contributed by atoms with E-state index in [2.05, 4.69) is 0 Å². The van der Waals surface area contributed by atoms with Crippen molar-refractivity contribution in [2.24, 2.45) is 21.7 Å². The van der Waals surface area contributed by atoms with Crippen LogP contribution in [-0.2, 0) is 181 Å². The maximum atomic E-state index is 15.2. The van der Waals surface area contributed by atoms with Gasteiger partial charge in [-0.05, 0) is 134 Å². The van der Waals surface area contributed by atoms with Crippen LogP contribution < -0.4 is 0 Å². The van der Waals surface area contributed by atoms with E-state index >= 15 is 9.59 Å². The second kappa shape index (κ2) is 49.6. The summed E-state index contributed by atoms with van der Waals surface area (Å²) >= 11 is 0. The molecule has 8 aromatic carbocycles. The summed E-state index contributed by atoms with van der Waals surface area (Å²) in [5, 5.41) is 0. The second-order valence-corrected chi connectivity index (χ2v) is 37.7. The normalized spacial score (nSPS) is 25.8. The van der Waals surface area contributed by atoms with E-state index in [9.17, 15) is 19.2 Å². The van der Waals surface area contributed by atoms with Crippen LogP contribution in [0.3, 0.4) is 0 Å². The molecular weight excluding hydrogens is 1710 g/mol. The average Bonchev–Trinajstić information content (AvgIpc) is 0.789. The van der Waals surface area contributed by atoms with Gasteiger partial charge in [-0.2, -0.15) is 0 Å². The summed E-state index contributed by atoms with van der Waals surface area (Å²) in [7, 11) is 0. The molecule has 20 atom stereocenters. The highest BCUT2D eigenvalue weighted by Gasteiger charge is 2.58. The zero-order valence-corrected chi connectivity index (χ0v) is 78.3. The van der Waals surface area contributed by atoms with Crippen molar-refractivity contribution >= 4 is 36.1 Å². The quantitative estimate of drug-likeness (QED) is 0.0148. The minimum Gasteiger partial charge on any atom is -0.463 e. The molecule has 0 aromatic heterocycles. The van der Waals surface area contributed by atoms with Gasteiger partial charge in [0.05, 0.1) is 101 Å². The van der Waals surface area contributed by atoms with Gasteiger partial charge < -0.3 is 104 Å². The Balaban J connectivity index is 0.987. The van der Waals surface area contributed by atoms with E-state index in [4.69, 9.17) is 99.5 Å². The molecule has 4 saturated heterocycles. The molecule has 0 saturated carbocycles. The molecule has 8 aromatic rings. The van der Waals surface area contributed by atoms with Crippen molar-refractivity contribution in [3.63, 3.8) is 0 Å². The Morgan fingerprint density at radius 3 is 0.632 bits per heavy atom. The van der Waals surface area contributed by atoms with Gasteiger partial charge >= 0.3 is 29.8 Å². The summed E-state index contributed by atoms with van der Waals surface area (Å²) < 4.78 is 147. The number of rotatable bonds is 44. The van der Waals surface area contributed by atoms with Gasteiger partial charge in [-0.25, -0.2) is 0 Å². The summed E-state index contributed by atoms with van der Waals surface area (Å²) in [5.74, 6) is -3.19. The summed E-state index contributed by atoms with van der Waals surface area (Å²) in [4.78, 5) is 84.5. The monoisotopic (exact) mass is 1830 g/mol. The van der Waals surface area contributed by atoms with E-state index in [0.717, 1.165) is 50.8 Å². The summed E-state index contributed by atoms with van der Waals surface area (Å²) in [6.07, 6.45) is -25.6. The van der Waals surface area contributed by atoms with Crippen molar-refractivity contribution in [2.45, 2.75) is 279 Å². The first-order chi connectivity index (χ1) is 63.9. The van der Waals surface area contributed by atoms with Crippen molar-refractivity contribution in [3.8, 4) is 0 Å². The molecule has 0 amide bonds. The fourth-order valence-corrected chi connectivity index (χ4v) is 15.1. The average molecular weight is 1840 g/mol. The highest BCUT2D eigenvalue weighted by atomic mass is 16.8. The van der Waals surface area contributed by atoms with Crippen molar-refractivity contribution in [1.29, 1.82) is 0 Å². The molecule has 0 spiro atoms. The number of esters is 5. The third kappa shape index (κ3) is 30.6. The molecule has 0 bridgehead atoms. The predicted molar refractivity (Wildman–Crippen MR) is 488 cm³/mol. The van der Waals surface area contributed by atoms with Crippen molar-refractivity contribution < 1.29 is 128 Å². The lowest BCUT2D eigenvalue weighted by atomic mass is 9.94. The first-order valence-corrected chi connectivity index (χ1v) is 45.7. The number of ether oxygens (including phenoxy) is 21.